The minimum absolute atomic E-state index is 0.0574. The average molecular weight is 433 g/mol. The van der Waals surface area contributed by atoms with Crippen molar-refractivity contribution in [1.29, 1.82) is 0 Å². The van der Waals surface area contributed by atoms with Crippen molar-refractivity contribution in [3.05, 3.63) is 65.7 Å². The summed E-state index contributed by atoms with van der Waals surface area (Å²) in [5, 5.41) is 13.2. The van der Waals surface area contributed by atoms with E-state index in [1.807, 2.05) is 58.6 Å². The zero-order chi connectivity index (χ0) is 21.0. The van der Waals surface area contributed by atoms with Crippen LogP contribution in [0.2, 0.25) is 0 Å². The van der Waals surface area contributed by atoms with Crippen LogP contribution in [-0.2, 0) is 0 Å². The van der Waals surface area contributed by atoms with Gasteiger partial charge in [-0.15, -0.1) is 11.3 Å². The van der Waals surface area contributed by atoms with E-state index in [-0.39, 0.29) is 5.91 Å². The van der Waals surface area contributed by atoms with Gasteiger partial charge in [0.25, 0.3) is 5.91 Å². The van der Waals surface area contributed by atoms with E-state index in [4.69, 9.17) is 5.10 Å². The first-order valence-electron chi connectivity index (χ1n) is 10.5. The number of nitrogens with one attached hydrogen (secondary N) is 2. The lowest BCUT2D eigenvalue weighted by Crippen LogP contribution is -2.46. The summed E-state index contributed by atoms with van der Waals surface area (Å²) in [7, 11) is 0. The van der Waals surface area contributed by atoms with Crippen molar-refractivity contribution in [2.75, 3.05) is 39.3 Å². The molecule has 1 fully saturated rings. The molecular weight excluding hydrogens is 408 g/mol. The quantitative estimate of drug-likeness (QED) is 0.490. The fourth-order valence-corrected chi connectivity index (χ4v) is 4.50. The molecular formula is C23H24N6OS. The Balaban J connectivity index is 1.34. The van der Waals surface area contributed by atoms with Crippen molar-refractivity contribution < 1.29 is 4.79 Å². The van der Waals surface area contributed by atoms with E-state index in [2.05, 4.69) is 26.6 Å². The maximum Gasteiger partial charge on any atom is 0.251 e. The van der Waals surface area contributed by atoms with Gasteiger partial charge in [-0.1, -0.05) is 18.2 Å². The van der Waals surface area contributed by atoms with Crippen LogP contribution in [-0.4, -0.2) is 64.7 Å². The molecule has 0 saturated carbocycles. The topological polar surface area (TPSA) is 74.6 Å². The van der Waals surface area contributed by atoms with Gasteiger partial charge in [-0.2, -0.15) is 5.10 Å². The molecule has 1 aromatic carbocycles. The fraction of sp³-hybridized carbons (Fsp3) is 0.261. The number of amides is 1. The highest BCUT2D eigenvalue weighted by Gasteiger charge is 2.13. The van der Waals surface area contributed by atoms with Crippen molar-refractivity contribution in [2.45, 2.75) is 0 Å². The minimum atomic E-state index is -0.0574. The Morgan fingerprint density at radius 1 is 1.13 bits per heavy atom. The molecule has 31 heavy (non-hydrogen) atoms. The van der Waals surface area contributed by atoms with Crippen LogP contribution in [0.4, 0.5) is 0 Å². The molecule has 5 rings (SSSR count). The van der Waals surface area contributed by atoms with E-state index < -0.39 is 0 Å². The number of rotatable bonds is 6. The lowest BCUT2D eigenvalue weighted by Gasteiger charge is -2.27. The first-order chi connectivity index (χ1) is 15.3. The number of carbonyl (C=O) groups is 1. The summed E-state index contributed by atoms with van der Waals surface area (Å²) >= 11 is 1.66. The number of piperazine rings is 1. The Morgan fingerprint density at radius 3 is 2.87 bits per heavy atom. The van der Waals surface area contributed by atoms with E-state index in [0.717, 1.165) is 60.2 Å². The van der Waals surface area contributed by atoms with Gasteiger partial charge in [0.2, 0.25) is 0 Å². The number of imidazole rings is 1. The molecule has 1 aliphatic rings. The third kappa shape index (κ3) is 4.36. The van der Waals surface area contributed by atoms with Gasteiger partial charge in [-0.05, 0) is 35.7 Å². The lowest BCUT2D eigenvalue weighted by molar-refractivity contribution is 0.0947. The summed E-state index contributed by atoms with van der Waals surface area (Å²) < 4.78 is 1.84. The highest BCUT2D eigenvalue weighted by Crippen LogP contribution is 2.26. The van der Waals surface area contributed by atoms with Crippen LogP contribution in [0.5, 0.6) is 0 Å². The predicted molar refractivity (Wildman–Crippen MR) is 123 cm³/mol. The molecule has 0 radical (unpaired) electrons. The number of hydrogen-bond acceptors (Lipinski definition) is 6. The molecule has 1 saturated heterocycles. The molecule has 4 aromatic rings. The van der Waals surface area contributed by atoms with Gasteiger partial charge >= 0.3 is 0 Å². The molecule has 158 valence electrons. The Morgan fingerprint density at radius 2 is 2.03 bits per heavy atom. The van der Waals surface area contributed by atoms with E-state index in [0.29, 0.717) is 12.1 Å². The number of benzene rings is 1. The van der Waals surface area contributed by atoms with Crippen molar-refractivity contribution >= 4 is 22.9 Å². The Kier molecular flexibility index (Phi) is 5.75. The van der Waals surface area contributed by atoms with E-state index in [9.17, 15) is 4.79 Å². The van der Waals surface area contributed by atoms with E-state index >= 15 is 0 Å². The molecule has 0 atom stereocenters. The maximum absolute atomic E-state index is 12.7. The first kappa shape index (κ1) is 19.9. The largest absolute Gasteiger partial charge is 0.351 e. The van der Waals surface area contributed by atoms with Gasteiger partial charge in [0, 0.05) is 50.4 Å². The predicted octanol–water partition coefficient (Wildman–Crippen LogP) is 2.76. The molecule has 2 N–H and O–H groups in total. The van der Waals surface area contributed by atoms with Crippen molar-refractivity contribution in [1.82, 2.24) is 30.1 Å². The van der Waals surface area contributed by atoms with Gasteiger partial charge in [-0.25, -0.2) is 9.50 Å². The molecule has 7 nitrogen and oxygen atoms in total. The number of thiophene rings is 1. The highest BCUT2D eigenvalue weighted by atomic mass is 32.1. The summed E-state index contributed by atoms with van der Waals surface area (Å²) in [6.07, 6.45) is 1.81. The average Bonchev–Trinajstić information content (AvgIpc) is 3.50. The standard InChI is InChI=1S/C23H24N6OS/c30-23(25-10-13-28-11-8-24-9-12-28)18-4-1-3-17(15-18)20-16-26-22-7-6-19(27-29(20)22)21-5-2-14-31-21/h1-7,14-16,24H,8-13H2,(H,25,30). The van der Waals surface area contributed by atoms with E-state index in [1.54, 1.807) is 11.3 Å². The molecule has 3 aromatic heterocycles. The van der Waals surface area contributed by atoms with Crippen LogP contribution < -0.4 is 10.6 Å². The molecule has 0 bridgehead atoms. The summed E-state index contributed by atoms with van der Waals surface area (Å²) in [4.78, 5) is 20.7. The van der Waals surface area contributed by atoms with Gasteiger partial charge in [-0.3, -0.25) is 9.69 Å². The third-order valence-electron chi connectivity index (χ3n) is 5.48. The SMILES string of the molecule is O=C(NCCN1CCNCC1)c1cccc(-c2cnc3ccc(-c4cccs4)nn23)c1. The summed E-state index contributed by atoms with van der Waals surface area (Å²) in [5.41, 5.74) is 4.11. The second kappa shape index (κ2) is 8.97. The van der Waals surface area contributed by atoms with Crippen LogP contribution in [0.1, 0.15) is 10.4 Å². The van der Waals surface area contributed by atoms with Crippen LogP contribution in [0.3, 0.4) is 0 Å². The smallest absolute Gasteiger partial charge is 0.251 e. The molecule has 1 aliphatic heterocycles. The summed E-state index contributed by atoms with van der Waals surface area (Å²) in [6.45, 7) is 5.59. The second-order valence-electron chi connectivity index (χ2n) is 7.54. The van der Waals surface area contributed by atoms with Gasteiger partial charge in [0.15, 0.2) is 5.65 Å². The number of nitrogens with zero attached hydrogens (tertiary/aromatic N) is 4. The zero-order valence-corrected chi connectivity index (χ0v) is 17.9. The lowest BCUT2D eigenvalue weighted by atomic mass is 10.1. The maximum atomic E-state index is 12.7. The number of carbonyl (C=O) groups excluding carboxylic acids is 1. The first-order valence-corrected chi connectivity index (χ1v) is 11.4. The normalized spacial score (nSPS) is 14.7. The number of fused-ring (bicyclic) bond motifs is 1. The molecule has 0 unspecified atom stereocenters. The number of aromatic nitrogens is 3. The molecule has 4 heterocycles. The van der Waals surface area contributed by atoms with Gasteiger partial charge < -0.3 is 10.6 Å². The molecule has 0 spiro atoms. The number of hydrogen-bond donors (Lipinski definition) is 2. The zero-order valence-electron chi connectivity index (χ0n) is 17.1. The highest BCUT2D eigenvalue weighted by molar-refractivity contribution is 7.13. The van der Waals surface area contributed by atoms with Gasteiger partial charge in [0.1, 0.15) is 5.69 Å². The van der Waals surface area contributed by atoms with Crippen molar-refractivity contribution in [2.24, 2.45) is 0 Å². The fourth-order valence-electron chi connectivity index (χ4n) is 3.81. The Hall–Kier alpha value is -3.07. The van der Waals surface area contributed by atoms with Crippen LogP contribution in [0.25, 0.3) is 27.5 Å². The Labute approximate surface area is 184 Å². The van der Waals surface area contributed by atoms with Gasteiger partial charge in [0.05, 0.1) is 16.8 Å². The monoisotopic (exact) mass is 432 g/mol. The van der Waals surface area contributed by atoms with Crippen molar-refractivity contribution in [3.8, 4) is 21.8 Å². The summed E-state index contributed by atoms with van der Waals surface area (Å²) in [6, 6.07) is 15.7. The van der Waals surface area contributed by atoms with Crippen molar-refractivity contribution in [3.63, 3.8) is 0 Å². The third-order valence-corrected chi connectivity index (χ3v) is 6.37. The minimum Gasteiger partial charge on any atom is -0.351 e. The van der Waals surface area contributed by atoms with E-state index in [1.165, 1.54) is 0 Å². The Bertz CT molecular complexity index is 1180. The summed E-state index contributed by atoms with van der Waals surface area (Å²) in [5.74, 6) is -0.0574. The molecule has 0 aliphatic carbocycles. The molecule has 1 amide bonds. The second-order valence-corrected chi connectivity index (χ2v) is 8.49. The van der Waals surface area contributed by atoms with Crippen LogP contribution >= 0.6 is 11.3 Å². The van der Waals surface area contributed by atoms with Crippen LogP contribution in [0.15, 0.2) is 60.1 Å². The molecule has 8 heteroatoms. The van der Waals surface area contributed by atoms with Crippen LogP contribution in [0, 0.1) is 0 Å².